The third-order valence-electron chi connectivity index (χ3n) is 3.40. The molecule has 152 valence electrons. The number of aromatic nitrogens is 3. The first-order valence-electron chi connectivity index (χ1n) is 9.31. The molecule has 0 aromatic carbocycles. The molecule has 9 nitrogen and oxygen atoms in total. The molecule has 1 amide bonds. The lowest BCUT2D eigenvalue weighted by Crippen LogP contribution is -2.42. The molecular formula is C19H29N7O2. The number of rotatable bonds is 7. The Morgan fingerprint density at radius 2 is 2.00 bits per heavy atom. The second-order valence-electron chi connectivity index (χ2n) is 7.02. The van der Waals surface area contributed by atoms with Crippen LogP contribution in [0.2, 0.25) is 0 Å². The van der Waals surface area contributed by atoms with Gasteiger partial charge < -0.3 is 20.7 Å². The maximum atomic E-state index is 11.6. The van der Waals surface area contributed by atoms with Gasteiger partial charge in [0.15, 0.2) is 11.8 Å². The highest BCUT2D eigenvalue weighted by Gasteiger charge is 2.15. The molecule has 0 fully saturated rings. The number of carbonyl (C=O) groups is 1. The Hall–Kier alpha value is -3.10. The van der Waals surface area contributed by atoms with Gasteiger partial charge in [-0.1, -0.05) is 0 Å². The molecule has 3 N–H and O–H groups in total. The van der Waals surface area contributed by atoms with Crippen molar-refractivity contribution in [2.45, 2.75) is 39.8 Å². The van der Waals surface area contributed by atoms with E-state index in [2.05, 4.69) is 31.0 Å². The van der Waals surface area contributed by atoms with Crippen LogP contribution in [0.3, 0.4) is 0 Å². The second kappa shape index (κ2) is 10.3. The van der Waals surface area contributed by atoms with E-state index in [0.29, 0.717) is 25.6 Å². The van der Waals surface area contributed by atoms with Crippen LogP contribution in [-0.4, -0.2) is 52.1 Å². The second-order valence-corrected chi connectivity index (χ2v) is 7.02. The summed E-state index contributed by atoms with van der Waals surface area (Å²) >= 11 is 0. The fourth-order valence-corrected chi connectivity index (χ4v) is 2.26. The van der Waals surface area contributed by atoms with Crippen LogP contribution in [0.1, 0.15) is 33.3 Å². The maximum Gasteiger partial charge on any atom is 0.407 e. The predicted molar refractivity (Wildman–Crippen MR) is 108 cm³/mol. The smallest absolute Gasteiger partial charge is 0.407 e. The first-order valence-corrected chi connectivity index (χ1v) is 9.31. The Bertz CT molecular complexity index is 767. The first-order chi connectivity index (χ1) is 13.4. The molecular weight excluding hydrogens is 358 g/mol. The number of carbonyl (C=O) groups excluding carboxylic acids is 1. The molecule has 0 spiro atoms. The summed E-state index contributed by atoms with van der Waals surface area (Å²) in [5.41, 5.74) is 0.512. The lowest BCUT2D eigenvalue weighted by atomic mass is 10.2. The molecule has 0 saturated heterocycles. The van der Waals surface area contributed by atoms with Crippen LogP contribution in [0, 0.1) is 0 Å². The highest BCUT2D eigenvalue weighted by Crippen LogP contribution is 2.07. The van der Waals surface area contributed by atoms with Crippen LogP contribution in [0.5, 0.6) is 0 Å². The summed E-state index contributed by atoms with van der Waals surface area (Å²) in [5, 5.41) is 13.3. The van der Waals surface area contributed by atoms with Crippen molar-refractivity contribution in [3.05, 3.63) is 42.4 Å². The Morgan fingerprint density at radius 1 is 1.21 bits per heavy atom. The van der Waals surface area contributed by atoms with Crippen molar-refractivity contribution in [1.29, 1.82) is 0 Å². The molecule has 0 atom stereocenters. The van der Waals surface area contributed by atoms with Crippen LogP contribution in [0.15, 0.2) is 41.8 Å². The van der Waals surface area contributed by atoms with E-state index in [1.54, 1.807) is 17.1 Å². The van der Waals surface area contributed by atoms with Gasteiger partial charge in [0.25, 0.3) is 0 Å². The van der Waals surface area contributed by atoms with Crippen molar-refractivity contribution in [2.24, 2.45) is 4.99 Å². The molecule has 0 unspecified atom stereocenters. The highest BCUT2D eigenvalue weighted by atomic mass is 16.6. The van der Waals surface area contributed by atoms with Gasteiger partial charge in [-0.25, -0.2) is 19.5 Å². The Morgan fingerprint density at radius 3 is 2.68 bits per heavy atom. The van der Waals surface area contributed by atoms with Gasteiger partial charge in [-0.2, -0.15) is 5.10 Å². The molecule has 9 heteroatoms. The van der Waals surface area contributed by atoms with E-state index < -0.39 is 11.7 Å². The number of nitrogens with one attached hydrogen (secondary N) is 3. The standard InChI is InChI=1S/C19H29N7O2/c1-5-20-17(22-10-11-23-18(27)28-19(2,3)4)24-14-15-7-9-21-16(13-15)26-12-6-8-25-26/h6-9,12-13H,5,10-11,14H2,1-4H3,(H,23,27)(H2,20,22,24). The average Bonchev–Trinajstić information content (AvgIpc) is 3.16. The fraction of sp³-hybridized carbons (Fsp3) is 0.474. The molecule has 2 aromatic heterocycles. The van der Waals surface area contributed by atoms with E-state index in [-0.39, 0.29) is 0 Å². The lowest BCUT2D eigenvalue weighted by molar-refractivity contribution is 0.0529. The van der Waals surface area contributed by atoms with E-state index in [9.17, 15) is 4.79 Å². The molecule has 0 bridgehead atoms. The molecule has 2 aromatic rings. The summed E-state index contributed by atoms with van der Waals surface area (Å²) in [7, 11) is 0. The molecule has 0 aliphatic heterocycles. The van der Waals surface area contributed by atoms with E-state index >= 15 is 0 Å². The summed E-state index contributed by atoms with van der Waals surface area (Å²) in [6.45, 7) is 9.68. The third-order valence-corrected chi connectivity index (χ3v) is 3.40. The monoisotopic (exact) mass is 387 g/mol. The summed E-state index contributed by atoms with van der Waals surface area (Å²) in [6, 6.07) is 5.72. The SMILES string of the molecule is CCNC(=NCc1ccnc(-n2cccn2)c1)NCCNC(=O)OC(C)(C)C. The van der Waals surface area contributed by atoms with Crippen molar-refractivity contribution >= 4 is 12.1 Å². The van der Waals surface area contributed by atoms with Gasteiger partial charge in [0, 0.05) is 38.2 Å². The summed E-state index contributed by atoms with van der Waals surface area (Å²) in [6.07, 6.45) is 4.87. The maximum absolute atomic E-state index is 11.6. The van der Waals surface area contributed by atoms with Gasteiger partial charge >= 0.3 is 6.09 Å². The Labute approximate surface area is 165 Å². The van der Waals surface area contributed by atoms with Crippen LogP contribution < -0.4 is 16.0 Å². The molecule has 0 saturated carbocycles. The molecule has 2 rings (SSSR count). The van der Waals surface area contributed by atoms with E-state index in [0.717, 1.165) is 17.9 Å². The van der Waals surface area contributed by atoms with E-state index in [1.807, 2.05) is 52.1 Å². The minimum atomic E-state index is -0.506. The molecule has 28 heavy (non-hydrogen) atoms. The number of nitrogens with zero attached hydrogens (tertiary/aromatic N) is 4. The largest absolute Gasteiger partial charge is 0.444 e. The normalized spacial score (nSPS) is 11.8. The minimum absolute atomic E-state index is 0.429. The van der Waals surface area contributed by atoms with Crippen LogP contribution in [0.25, 0.3) is 5.82 Å². The van der Waals surface area contributed by atoms with Crippen LogP contribution >= 0.6 is 0 Å². The van der Waals surface area contributed by atoms with Crippen LogP contribution in [0.4, 0.5) is 4.79 Å². The zero-order chi connectivity index (χ0) is 20.4. The molecule has 2 heterocycles. The number of aliphatic imine (C=N–C) groups is 1. The van der Waals surface area contributed by atoms with Gasteiger partial charge in [0.05, 0.1) is 6.54 Å². The van der Waals surface area contributed by atoms with E-state index in [1.165, 1.54) is 0 Å². The van der Waals surface area contributed by atoms with Crippen molar-refractivity contribution in [3.8, 4) is 5.82 Å². The topological polar surface area (TPSA) is 105 Å². The van der Waals surface area contributed by atoms with Crippen LogP contribution in [-0.2, 0) is 11.3 Å². The highest BCUT2D eigenvalue weighted by molar-refractivity contribution is 5.79. The van der Waals surface area contributed by atoms with Gasteiger partial charge in [-0.3, -0.25) is 0 Å². The molecule has 0 aliphatic carbocycles. The summed E-state index contributed by atoms with van der Waals surface area (Å²) in [4.78, 5) is 20.5. The first kappa shape index (κ1) is 21.2. The number of pyridine rings is 1. The zero-order valence-corrected chi connectivity index (χ0v) is 16.9. The van der Waals surface area contributed by atoms with E-state index in [4.69, 9.17) is 4.74 Å². The van der Waals surface area contributed by atoms with Crippen molar-refractivity contribution < 1.29 is 9.53 Å². The number of hydrogen-bond donors (Lipinski definition) is 3. The fourth-order valence-electron chi connectivity index (χ4n) is 2.26. The molecule has 0 radical (unpaired) electrons. The molecule has 0 aliphatic rings. The quantitative estimate of drug-likeness (QED) is 0.380. The minimum Gasteiger partial charge on any atom is -0.444 e. The van der Waals surface area contributed by atoms with Gasteiger partial charge in [-0.15, -0.1) is 0 Å². The van der Waals surface area contributed by atoms with Gasteiger partial charge in [0.2, 0.25) is 0 Å². The third kappa shape index (κ3) is 7.65. The Balaban J connectivity index is 1.85. The van der Waals surface area contributed by atoms with Crippen molar-refractivity contribution in [3.63, 3.8) is 0 Å². The average molecular weight is 387 g/mol. The predicted octanol–water partition coefficient (Wildman–Crippen LogP) is 1.85. The number of alkyl carbamates (subject to hydrolysis) is 1. The number of guanidine groups is 1. The summed E-state index contributed by atoms with van der Waals surface area (Å²) in [5.74, 6) is 1.42. The number of amides is 1. The van der Waals surface area contributed by atoms with Crippen molar-refractivity contribution in [2.75, 3.05) is 19.6 Å². The van der Waals surface area contributed by atoms with Crippen molar-refractivity contribution in [1.82, 2.24) is 30.7 Å². The van der Waals surface area contributed by atoms with Gasteiger partial charge in [-0.05, 0) is 51.5 Å². The number of hydrogen-bond acceptors (Lipinski definition) is 5. The Kier molecular flexibility index (Phi) is 7.79. The lowest BCUT2D eigenvalue weighted by Gasteiger charge is -2.19. The summed E-state index contributed by atoms with van der Waals surface area (Å²) < 4.78 is 6.91. The number of ether oxygens (including phenoxy) is 1. The zero-order valence-electron chi connectivity index (χ0n) is 16.9. The van der Waals surface area contributed by atoms with Gasteiger partial charge in [0.1, 0.15) is 5.60 Å².